The van der Waals surface area contributed by atoms with Gasteiger partial charge in [-0.1, -0.05) is 0 Å². The lowest BCUT2D eigenvalue weighted by molar-refractivity contribution is -0.385. The van der Waals surface area contributed by atoms with E-state index in [1.165, 1.54) is 13.2 Å². The second-order valence-corrected chi connectivity index (χ2v) is 3.19. The highest BCUT2D eigenvalue weighted by Crippen LogP contribution is 2.28. The molecule has 0 aliphatic heterocycles. The number of carbonyl (C=O) groups is 2. The van der Waals surface area contributed by atoms with E-state index in [0.29, 0.717) is 0 Å². The Balaban J connectivity index is 3.11. The minimum absolute atomic E-state index is 0.0718. The first-order valence-corrected chi connectivity index (χ1v) is 4.73. The second kappa shape index (κ2) is 5.62. The smallest absolute Gasteiger partial charge is 0.337 e. The van der Waals surface area contributed by atoms with Crippen LogP contribution in [0.15, 0.2) is 18.2 Å². The van der Waals surface area contributed by atoms with E-state index in [-0.39, 0.29) is 17.0 Å². The molecule has 0 aliphatic carbocycles. The van der Waals surface area contributed by atoms with Crippen LogP contribution in [0.4, 0.5) is 5.69 Å². The van der Waals surface area contributed by atoms with Crippen LogP contribution in [0, 0.1) is 10.1 Å². The highest BCUT2D eigenvalue weighted by atomic mass is 16.6. The average molecular weight is 254 g/mol. The summed E-state index contributed by atoms with van der Waals surface area (Å²) in [6.07, 6.45) is 0. The standard InChI is InChI=1S/C10H10N2O6/c1-17-10(14)6-2-3-7(12(15)16)8(4-6)18-5-9(11)13/h2-4H,5H2,1H3,(H2,11,13). The van der Waals surface area contributed by atoms with Gasteiger partial charge in [-0.3, -0.25) is 14.9 Å². The quantitative estimate of drug-likeness (QED) is 0.456. The lowest BCUT2D eigenvalue weighted by atomic mass is 10.2. The summed E-state index contributed by atoms with van der Waals surface area (Å²) >= 11 is 0. The maximum atomic E-state index is 11.2. The third-order valence-electron chi connectivity index (χ3n) is 1.95. The molecular formula is C10H10N2O6. The topological polar surface area (TPSA) is 122 Å². The summed E-state index contributed by atoms with van der Waals surface area (Å²) in [6.45, 7) is -0.522. The summed E-state index contributed by atoms with van der Waals surface area (Å²) in [5, 5.41) is 10.7. The van der Waals surface area contributed by atoms with Gasteiger partial charge in [-0.25, -0.2) is 4.79 Å². The summed E-state index contributed by atoms with van der Waals surface area (Å²) in [7, 11) is 1.17. The molecule has 0 atom stereocenters. The molecule has 0 heterocycles. The fourth-order valence-corrected chi connectivity index (χ4v) is 1.17. The Morgan fingerprint density at radius 1 is 1.44 bits per heavy atom. The van der Waals surface area contributed by atoms with E-state index in [9.17, 15) is 19.7 Å². The molecule has 0 bridgehead atoms. The van der Waals surface area contributed by atoms with E-state index in [2.05, 4.69) is 4.74 Å². The number of rotatable bonds is 5. The molecule has 96 valence electrons. The Kier molecular flexibility index (Phi) is 4.19. The van der Waals surface area contributed by atoms with Crippen molar-refractivity contribution < 1.29 is 24.0 Å². The number of ether oxygens (including phenoxy) is 2. The molecule has 0 saturated heterocycles. The van der Waals surface area contributed by atoms with Gasteiger partial charge in [0.2, 0.25) is 0 Å². The summed E-state index contributed by atoms with van der Waals surface area (Å²) < 4.78 is 9.33. The van der Waals surface area contributed by atoms with Crippen molar-refractivity contribution in [2.45, 2.75) is 0 Å². The molecule has 1 aromatic rings. The molecule has 0 fully saturated rings. The van der Waals surface area contributed by atoms with Crippen molar-refractivity contribution in [2.24, 2.45) is 5.73 Å². The van der Waals surface area contributed by atoms with Gasteiger partial charge in [-0.15, -0.1) is 0 Å². The zero-order valence-electron chi connectivity index (χ0n) is 9.41. The van der Waals surface area contributed by atoms with Crippen LogP contribution in [0.2, 0.25) is 0 Å². The first-order chi connectivity index (χ1) is 8.45. The van der Waals surface area contributed by atoms with Gasteiger partial charge in [0.25, 0.3) is 5.91 Å². The number of nitro groups is 1. The fraction of sp³-hybridized carbons (Fsp3) is 0.200. The lowest BCUT2D eigenvalue weighted by Crippen LogP contribution is -2.20. The average Bonchev–Trinajstić information content (AvgIpc) is 2.34. The molecule has 1 amide bonds. The zero-order chi connectivity index (χ0) is 13.7. The van der Waals surface area contributed by atoms with E-state index < -0.39 is 23.4 Å². The van der Waals surface area contributed by atoms with Gasteiger partial charge in [0.15, 0.2) is 12.4 Å². The molecule has 1 rings (SSSR count). The second-order valence-electron chi connectivity index (χ2n) is 3.19. The van der Waals surface area contributed by atoms with Crippen molar-refractivity contribution in [2.75, 3.05) is 13.7 Å². The number of methoxy groups -OCH3 is 1. The van der Waals surface area contributed by atoms with Gasteiger partial charge in [-0.05, 0) is 6.07 Å². The third kappa shape index (κ3) is 3.17. The minimum Gasteiger partial charge on any atom is -0.477 e. The third-order valence-corrected chi connectivity index (χ3v) is 1.95. The molecule has 0 aromatic heterocycles. The van der Waals surface area contributed by atoms with Crippen LogP contribution in [0.1, 0.15) is 10.4 Å². The van der Waals surface area contributed by atoms with E-state index in [4.69, 9.17) is 10.5 Å². The molecule has 0 saturated carbocycles. The summed E-state index contributed by atoms with van der Waals surface area (Å²) in [4.78, 5) is 31.8. The number of esters is 1. The van der Waals surface area contributed by atoms with Crippen LogP contribution in [0.25, 0.3) is 0 Å². The van der Waals surface area contributed by atoms with E-state index in [1.807, 2.05) is 0 Å². The van der Waals surface area contributed by atoms with Gasteiger partial charge in [0, 0.05) is 12.1 Å². The molecule has 0 spiro atoms. The Morgan fingerprint density at radius 3 is 2.61 bits per heavy atom. The number of carbonyl (C=O) groups excluding carboxylic acids is 2. The monoisotopic (exact) mass is 254 g/mol. The summed E-state index contributed by atoms with van der Waals surface area (Å²) in [5.74, 6) is -1.68. The summed E-state index contributed by atoms with van der Waals surface area (Å²) in [6, 6.07) is 3.43. The lowest BCUT2D eigenvalue weighted by Gasteiger charge is -2.06. The SMILES string of the molecule is COC(=O)c1ccc([N+](=O)[O-])c(OCC(N)=O)c1. The number of amides is 1. The first-order valence-electron chi connectivity index (χ1n) is 4.73. The van der Waals surface area contributed by atoms with Gasteiger partial charge < -0.3 is 15.2 Å². The van der Waals surface area contributed by atoms with Crippen molar-refractivity contribution in [1.82, 2.24) is 0 Å². The van der Waals surface area contributed by atoms with Crippen LogP contribution in [0.5, 0.6) is 5.75 Å². The van der Waals surface area contributed by atoms with Crippen LogP contribution >= 0.6 is 0 Å². The molecular weight excluding hydrogens is 244 g/mol. The Labute approximate surface area is 101 Å². The highest BCUT2D eigenvalue weighted by molar-refractivity contribution is 5.90. The van der Waals surface area contributed by atoms with Gasteiger partial charge >= 0.3 is 11.7 Å². The predicted molar refractivity (Wildman–Crippen MR) is 59.1 cm³/mol. The first kappa shape index (κ1) is 13.4. The molecule has 8 nitrogen and oxygen atoms in total. The van der Waals surface area contributed by atoms with Crippen molar-refractivity contribution in [3.63, 3.8) is 0 Å². The molecule has 0 radical (unpaired) electrons. The normalized spacial score (nSPS) is 9.61. The number of nitro benzene ring substituents is 1. The molecule has 18 heavy (non-hydrogen) atoms. The van der Waals surface area contributed by atoms with Gasteiger partial charge in [0.05, 0.1) is 17.6 Å². The van der Waals surface area contributed by atoms with E-state index >= 15 is 0 Å². The predicted octanol–water partition coefficient (Wildman–Crippen LogP) is 0.245. The van der Waals surface area contributed by atoms with Crippen LogP contribution in [0.3, 0.4) is 0 Å². The highest BCUT2D eigenvalue weighted by Gasteiger charge is 2.18. The molecule has 1 aromatic carbocycles. The minimum atomic E-state index is -0.784. The largest absolute Gasteiger partial charge is 0.477 e. The van der Waals surface area contributed by atoms with Crippen molar-refractivity contribution in [1.29, 1.82) is 0 Å². The Morgan fingerprint density at radius 2 is 2.11 bits per heavy atom. The van der Waals surface area contributed by atoms with Gasteiger partial charge in [0.1, 0.15) is 0 Å². The molecule has 0 aliphatic rings. The van der Waals surface area contributed by atoms with Crippen LogP contribution in [-0.2, 0) is 9.53 Å². The maximum Gasteiger partial charge on any atom is 0.337 e. The number of nitrogens with zero attached hydrogens (tertiary/aromatic N) is 1. The number of nitrogens with two attached hydrogens (primary N) is 1. The summed E-state index contributed by atoms with van der Waals surface area (Å²) in [5.41, 5.74) is 4.57. The van der Waals surface area contributed by atoms with E-state index in [1.54, 1.807) is 0 Å². The molecule has 0 unspecified atom stereocenters. The number of hydrogen-bond acceptors (Lipinski definition) is 6. The van der Waals surface area contributed by atoms with Crippen LogP contribution < -0.4 is 10.5 Å². The number of benzene rings is 1. The zero-order valence-corrected chi connectivity index (χ0v) is 9.41. The van der Waals surface area contributed by atoms with Crippen molar-refractivity contribution >= 4 is 17.6 Å². The maximum absolute atomic E-state index is 11.2. The van der Waals surface area contributed by atoms with Crippen LogP contribution in [-0.4, -0.2) is 30.5 Å². The molecule has 2 N–H and O–H groups in total. The Hall–Kier alpha value is -2.64. The fourth-order valence-electron chi connectivity index (χ4n) is 1.17. The van der Waals surface area contributed by atoms with E-state index in [0.717, 1.165) is 12.1 Å². The number of primary amides is 1. The van der Waals surface area contributed by atoms with Crippen molar-refractivity contribution in [3.05, 3.63) is 33.9 Å². The van der Waals surface area contributed by atoms with Crippen molar-refractivity contribution in [3.8, 4) is 5.75 Å². The molecule has 8 heteroatoms. The number of hydrogen-bond donors (Lipinski definition) is 1. The van der Waals surface area contributed by atoms with Gasteiger partial charge in [-0.2, -0.15) is 0 Å². The Bertz CT molecular complexity index is 499.